The molecule has 0 saturated carbocycles. The van der Waals surface area contributed by atoms with Crippen LogP contribution in [0, 0.1) is 0 Å². The molecule has 0 aliphatic carbocycles. The normalized spacial score (nSPS) is 20.0. The van der Waals surface area contributed by atoms with Gasteiger partial charge in [0.2, 0.25) is 5.91 Å². The molecule has 0 bridgehead atoms. The van der Waals surface area contributed by atoms with Gasteiger partial charge in [0.25, 0.3) is 0 Å². The smallest absolute Gasteiger partial charge is 0.217 e. The lowest BCUT2D eigenvalue weighted by molar-refractivity contribution is -0.119. The second-order valence-electron chi connectivity index (χ2n) is 4.94. The van der Waals surface area contributed by atoms with E-state index in [9.17, 15) is 4.79 Å². The second-order valence-corrected chi connectivity index (χ2v) is 4.94. The molecule has 4 heteroatoms. The number of carbonyl (C=O) groups is 1. The Morgan fingerprint density at radius 2 is 2.06 bits per heavy atom. The van der Waals surface area contributed by atoms with Crippen LogP contribution < -0.4 is 11.1 Å². The summed E-state index contributed by atoms with van der Waals surface area (Å²) in [6.45, 7) is 5.10. The van der Waals surface area contributed by atoms with Gasteiger partial charge in [0.1, 0.15) is 0 Å². The van der Waals surface area contributed by atoms with Crippen molar-refractivity contribution in [1.29, 1.82) is 0 Å². The maximum Gasteiger partial charge on any atom is 0.217 e. The van der Waals surface area contributed by atoms with E-state index in [2.05, 4.69) is 34.5 Å². The lowest BCUT2D eigenvalue weighted by atomic mass is 10.1. The van der Waals surface area contributed by atoms with Gasteiger partial charge in [-0.1, -0.05) is 24.3 Å². The second kappa shape index (κ2) is 5.98. The Morgan fingerprint density at radius 3 is 2.67 bits per heavy atom. The first-order chi connectivity index (χ1) is 8.67. The van der Waals surface area contributed by atoms with Gasteiger partial charge in [-0.05, 0) is 17.5 Å². The predicted octanol–water partition coefficient (Wildman–Crippen LogP) is 0.856. The van der Waals surface area contributed by atoms with Crippen LogP contribution in [0.25, 0.3) is 0 Å². The van der Waals surface area contributed by atoms with Gasteiger partial charge in [0.05, 0.1) is 0 Å². The molecule has 98 valence electrons. The van der Waals surface area contributed by atoms with Crippen molar-refractivity contribution in [1.82, 2.24) is 10.2 Å². The van der Waals surface area contributed by atoms with E-state index in [0.29, 0.717) is 12.6 Å². The van der Waals surface area contributed by atoms with E-state index in [1.807, 2.05) is 0 Å². The van der Waals surface area contributed by atoms with Crippen molar-refractivity contribution in [2.24, 2.45) is 5.73 Å². The molecular weight excluding hydrogens is 226 g/mol. The summed E-state index contributed by atoms with van der Waals surface area (Å²) in [7, 11) is 0. The number of amides is 1. The summed E-state index contributed by atoms with van der Waals surface area (Å²) in [6, 6.07) is 8.74. The molecule has 3 N–H and O–H groups in total. The monoisotopic (exact) mass is 247 g/mol. The first kappa shape index (κ1) is 13.1. The van der Waals surface area contributed by atoms with Crippen molar-refractivity contribution >= 4 is 5.91 Å². The third-order valence-corrected chi connectivity index (χ3v) is 3.34. The van der Waals surface area contributed by atoms with Gasteiger partial charge in [-0.2, -0.15) is 0 Å². The SMILES string of the molecule is CC(=O)NC1CCN(Cc2ccc(CN)cc2)C1. The van der Waals surface area contributed by atoms with E-state index >= 15 is 0 Å². The van der Waals surface area contributed by atoms with Crippen LogP contribution in [-0.2, 0) is 17.9 Å². The number of nitrogens with two attached hydrogens (primary N) is 1. The third-order valence-electron chi connectivity index (χ3n) is 3.34. The fourth-order valence-electron chi connectivity index (χ4n) is 2.42. The van der Waals surface area contributed by atoms with Gasteiger partial charge < -0.3 is 11.1 Å². The number of nitrogens with one attached hydrogen (secondary N) is 1. The van der Waals surface area contributed by atoms with E-state index in [1.54, 1.807) is 6.92 Å². The van der Waals surface area contributed by atoms with Crippen LogP contribution in [0.15, 0.2) is 24.3 Å². The number of likely N-dealkylation sites (tertiary alicyclic amines) is 1. The summed E-state index contributed by atoms with van der Waals surface area (Å²) in [5, 5.41) is 2.98. The number of carbonyl (C=O) groups excluding carboxylic acids is 1. The predicted molar refractivity (Wildman–Crippen MR) is 71.8 cm³/mol. The van der Waals surface area contributed by atoms with Gasteiger partial charge in [0.15, 0.2) is 0 Å². The molecular formula is C14H21N3O. The summed E-state index contributed by atoms with van der Waals surface area (Å²) >= 11 is 0. The largest absolute Gasteiger partial charge is 0.352 e. The number of rotatable bonds is 4. The first-order valence-corrected chi connectivity index (χ1v) is 6.44. The van der Waals surface area contributed by atoms with Crippen molar-refractivity contribution in [3.8, 4) is 0 Å². The highest BCUT2D eigenvalue weighted by atomic mass is 16.1. The number of hydrogen-bond donors (Lipinski definition) is 2. The lowest BCUT2D eigenvalue weighted by Gasteiger charge is -2.16. The molecule has 1 aliphatic rings. The molecule has 1 atom stereocenters. The molecule has 0 radical (unpaired) electrons. The van der Waals surface area contributed by atoms with Crippen LogP contribution in [0.2, 0.25) is 0 Å². The molecule has 1 saturated heterocycles. The molecule has 18 heavy (non-hydrogen) atoms. The summed E-state index contributed by atoms with van der Waals surface area (Å²) in [5.41, 5.74) is 8.04. The molecule has 1 aliphatic heterocycles. The Hall–Kier alpha value is -1.39. The van der Waals surface area contributed by atoms with Crippen molar-refractivity contribution in [3.63, 3.8) is 0 Å². The topological polar surface area (TPSA) is 58.4 Å². The highest BCUT2D eigenvalue weighted by Crippen LogP contribution is 2.14. The number of hydrogen-bond acceptors (Lipinski definition) is 3. The number of benzene rings is 1. The number of nitrogens with zero attached hydrogens (tertiary/aromatic N) is 1. The average molecular weight is 247 g/mol. The maximum absolute atomic E-state index is 11.0. The van der Waals surface area contributed by atoms with Gasteiger partial charge in [0, 0.05) is 39.1 Å². The molecule has 2 rings (SSSR count). The Morgan fingerprint density at radius 1 is 1.39 bits per heavy atom. The van der Waals surface area contributed by atoms with Crippen LogP contribution >= 0.6 is 0 Å². The van der Waals surface area contributed by atoms with E-state index in [-0.39, 0.29) is 5.91 Å². The van der Waals surface area contributed by atoms with Gasteiger partial charge in [-0.15, -0.1) is 0 Å². The molecule has 1 fully saturated rings. The highest BCUT2D eigenvalue weighted by molar-refractivity contribution is 5.73. The van der Waals surface area contributed by atoms with Crippen molar-refractivity contribution in [3.05, 3.63) is 35.4 Å². The van der Waals surface area contributed by atoms with Crippen molar-refractivity contribution in [2.75, 3.05) is 13.1 Å². The Balaban J connectivity index is 1.85. The van der Waals surface area contributed by atoms with Crippen LogP contribution in [0.3, 0.4) is 0 Å². The average Bonchev–Trinajstić information content (AvgIpc) is 2.76. The zero-order valence-corrected chi connectivity index (χ0v) is 10.9. The molecule has 0 aromatic heterocycles. The zero-order valence-electron chi connectivity index (χ0n) is 10.9. The molecule has 1 amide bonds. The van der Waals surface area contributed by atoms with Crippen LogP contribution in [0.1, 0.15) is 24.5 Å². The summed E-state index contributed by atoms with van der Waals surface area (Å²) in [5.74, 6) is 0.0640. The Bertz CT molecular complexity index is 402. The quantitative estimate of drug-likeness (QED) is 0.829. The maximum atomic E-state index is 11.0. The summed E-state index contributed by atoms with van der Waals surface area (Å²) < 4.78 is 0. The molecule has 1 heterocycles. The van der Waals surface area contributed by atoms with E-state index in [0.717, 1.165) is 31.6 Å². The van der Waals surface area contributed by atoms with E-state index < -0.39 is 0 Å². The molecule has 1 unspecified atom stereocenters. The van der Waals surface area contributed by atoms with Crippen molar-refractivity contribution < 1.29 is 4.79 Å². The van der Waals surface area contributed by atoms with Crippen LogP contribution in [0.4, 0.5) is 0 Å². The molecule has 1 aromatic rings. The van der Waals surface area contributed by atoms with Crippen LogP contribution in [-0.4, -0.2) is 29.9 Å². The standard InChI is InChI=1S/C14H21N3O/c1-11(18)16-14-6-7-17(10-14)9-13-4-2-12(8-15)3-5-13/h2-5,14H,6-10,15H2,1H3,(H,16,18). The Kier molecular flexibility index (Phi) is 4.33. The van der Waals surface area contributed by atoms with E-state index in [4.69, 9.17) is 5.73 Å². The lowest BCUT2D eigenvalue weighted by Crippen LogP contribution is -2.35. The minimum absolute atomic E-state index is 0.0640. The minimum Gasteiger partial charge on any atom is -0.352 e. The minimum atomic E-state index is 0.0640. The zero-order chi connectivity index (χ0) is 13.0. The Labute approximate surface area is 108 Å². The highest BCUT2D eigenvalue weighted by Gasteiger charge is 2.22. The van der Waals surface area contributed by atoms with Gasteiger partial charge >= 0.3 is 0 Å². The first-order valence-electron chi connectivity index (χ1n) is 6.44. The molecule has 0 spiro atoms. The fourth-order valence-corrected chi connectivity index (χ4v) is 2.42. The third kappa shape index (κ3) is 3.55. The van der Waals surface area contributed by atoms with Crippen molar-refractivity contribution in [2.45, 2.75) is 32.5 Å². The summed E-state index contributed by atoms with van der Waals surface area (Å²) in [6.07, 6.45) is 1.04. The van der Waals surface area contributed by atoms with Gasteiger partial charge in [-0.25, -0.2) is 0 Å². The molecule has 4 nitrogen and oxygen atoms in total. The van der Waals surface area contributed by atoms with Gasteiger partial charge in [-0.3, -0.25) is 9.69 Å². The van der Waals surface area contributed by atoms with E-state index in [1.165, 1.54) is 5.56 Å². The fraction of sp³-hybridized carbons (Fsp3) is 0.500. The van der Waals surface area contributed by atoms with Crippen LogP contribution in [0.5, 0.6) is 0 Å². The molecule has 1 aromatic carbocycles. The summed E-state index contributed by atoms with van der Waals surface area (Å²) in [4.78, 5) is 13.4.